The third-order valence-electron chi connectivity index (χ3n) is 3.58. The van der Waals surface area contributed by atoms with Gasteiger partial charge in [0.1, 0.15) is 11.5 Å². The molecule has 128 valence electrons. The molecule has 0 N–H and O–H groups in total. The minimum Gasteiger partial charge on any atom is -0.497 e. The maximum Gasteiger partial charge on any atom is 0.311 e. The van der Waals surface area contributed by atoms with Gasteiger partial charge in [0, 0.05) is 12.0 Å². The van der Waals surface area contributed by atoms with Crippen LogP contribution in [-0.2, 0) is 11.2 Å². The lowest BCUT2D eigenvalue weighted by Gasteiger charge is -2.03. The summed E-state index contributed by atoms with van der Waals surface area (Å²) in [6.07, 6.45) is 0.492. The largest absolute Gasteiger partial charge is 0.497 e. The first kappa shape index (κ1) is 16.7. The number of aromatic nitrogens is 2. The third kappa shape index (κ3) is 4.44. The zero-order chi connectivity index (χ0) is 17.6. The maximum atomic E-state index is 11.9. The number of benzene rings is 2. The average molecular weight is 338 g/mol. The number of aryl methyl sites for hydroxylation is 2. The number of carbonyl (C=O) groups excluding carboxylic acids is 1. The Labute approximate surface area is 145 Å². The van der Waals surface area contributed by atoms with Crippen molar-refractivity contribution in [3.63, 3.8) is 0 Å². The van der Waals surface area contributed by atoms with E-state index in [1.807, 2.05) is 49.4 Å². The first-order valence-electron chi connectivity index (χ1n) is 7.88. The fraction of sp³-hybridized carbons (Fsp3) is 0.211. The van der Waals surface area contributed by atoms with Gasteiger partial charge in [-0.3, -0.25) is 4.79 Å². The fourth-order valence-electron chi connectivity index (χ4n) is 2.28. The van der Waals surface area contributed by atoms with Gasteiger partial charge in [-0.15, -0.1) is 0 Å². The monoisotopic (exact) mass is 338 g/mol. The predicted octanol–water partition coefficient (Wildman–Crippen LogP) is 3.59. The number of carbonyl (C=O) groups is 1. The highest BCUT2D eigenvalue weighted by molar-refractivity contribution is 5.72. The number of rotatable bonds is 6. The van der Waals surface area contributed by atoms with Gasteiger partial charge in [-0.05, 0) is 48.9 Å². The van der Waals surface area contributed by atoms with Crippen molar-refractivity contribution < 1.29 is 18.8 Å². The van der Waals surface area contributed by atoms with Crippen molar-refractivity contribution >= 4 is 5.97 Å². The van der Waals surface area contributed by atoms with E-state index in [1.54, 1.807) is 13.2 Å². The van der Waals surface area contributed by atoms with Gasteiger partial charge in [-0.2, -0.15) is 4.98 Å². The van der Waals surface area contributed by atoms with Crippen LogP contribution in [0, 0.1) is 6.92 Å². The van der Waals surface area contributed by atoms with Gasteiger partial charge in [0.2, 0.25) is 11.7 Å². The number of hydrogen-bond acceptors (Lipinski definition) is 6. The summed E-state index contributed by atoms with van der Waals surface area (Å²) in [7, 11) is 1.61. The van der Waals surface area contributed by atoms with Gasteiger partial charge < -0.3 is 14.0 Å². The van der Waals surface area contributed by atoms with Crippen molar-refractivity contribution in [3.05, 3.63) is 60.0 Å². The molecule has 1 heterocycles. The summed E-state index contributed by atoms with van der Waals surface area (Å²) in [6.45, 7) is 1.94. The molecule has 25 heavy (non-hydrogen) atoms. The van der Waals surface area contributed by atoms with Gasteiger partial charge in [0.15, 0.2) is 0 Å². The molecule has 0 aliphatic heterocycles. The summed E-state index contributed by atoms with van der Waals surface area (Å²) in [5.74, 6) is 1.83. The SMILES string of the molecule is COc1ccc(-c2noc(CCC(=O)Oc3cccc(C)c3)n2)cc1. The summed E-state index contributed by atoms with van der Waals surface area (Å²) in [5, 5.41) is 3.94. The average Bonchev–Trinajstić information content (AvgIpc) is 3.09. The maximum absolute atomic E-state index is 11.9. The van der Waals surface area contributed by atoms with Gasteiger partial charge >= 0.3 is 5.97 Å². The molecule has 6 nitrogen and oxygen atoms in total. The Balaban J connectivity index is 1.56. The number of nitrogens with zero attached hydrogens (tertiary/aromatic N) is 2. The van der Waals surface area contributed by atoms with Crippen LogP contribution in [-0.4, -0.2) is 23.2 Å². The molecule has 0 bridgehead atoms. The molecular weight excluding hydrogens is 320 g/mol. The first-order valence-corrected chi connectivity index (χ1v) is 7.88. The molecule has 0 spiro atoms. The molecule has 0 amide bonds. The standard InChI is InChI=1S/C19H18N2O4/c1-13-4-3-5-16(12-13)24-18(22)11-10-17-20-19(21-25-17)14-6-8-15(23-2)9-7-14/h3-9,12H,10-11H2,1-2H3. The molecule has 0 aliphatic rings. The van der Waals surface area contributed by atoms with Crippen molar-refractivity contribution in [1.29, 1.82) is 0 Å². The van der Waals surface area contributed by atoms with Crippen molar-refractivity contribution in [1.82, 2.24) is 10.1 Å². The lowest BCUT2D eigenvalue weighted by Crippen LogP contribution is -2.09. The number of methoxy groups -OCH3 is 1. The summed E-state index contributed by atoms with van der Waals surface area (Å²) in [6, 6.07) is 14.7. The molecule has 0 saturated carbocycles. The molecule has 3 rings (SSSR count). The molecule has 0 atom stereocenters. The lowest BCUT2D eigenvalue weighted by atomic mass is 10.2. The molecule has 0 fully saturated rings. The van der Waals surface area contributed by atoms with E-state index in [2.05, 4.69) is 10.1 Å². The highest BCUT2D eigenvalue weighted by atomic mass is 16.5. The van der Waals surface area contributed by atoms with Crippen LogP contribution < -0.4 is 9.47 Å². The zero-order valence-corrected chi connectivity index (χ0v) is 14.1. The second-order valence-electron chi connectivity index (χ2n) is 5.53. The van der Waals surface area contributed by atoms with Gasteiger partial charge in [0.05, 0.1) is 13.5 Å². The van der Waals surface area contributed by atoms with Crippen LogP contribution in [0.2, 0.25) is 0 Å². The molecule has 3 aromatic rings. The van der Waals surface area contributed by atoms with E-state index in [1.165, 1.54) is 0 Å². The van der Waals surface area contributed by atoms with Crippen LogP contribution >= 0.6 is 0 Å². The number of hydrogen-bond donors (Lipinski definition) is 0. The van der Waals surface area contributed by atoms with E-state index in [-0.39, 0.29) is 12.4 Å². The Kier molecular flexibility index (Phi) is 5.09. The summed E-state index contributed by atoms with van der Waals surface area (Å²) in [4.78, 5) is 16.2. The van der Waals surface area contributed by atoms with E-state index < -0.39 is 0 Å². The van der Waals surface area contributed by atoms with Gasteiger partial charge in [0.25, 0.3) is 0 Å². The van der Waals surface area contributed by atoms with Crippen LogP contribution in [0.4, 0.5) is 0 Å². The Morgan fingerprint density at radius 1 is 1.12 bits per heavy atom. The molecule has 6 heteroatoms. The van der Waals surface area contributed by atoms with E-state index >= 15 is 0 Å². The van der Waals surface area contributed by atoms with Crippen molar-refractivity contribution in [3.8, 4) is 22.9 Å². The smallest absolute Gasteiger partial charge is 0.311 e. The van der Waals surface area contributed by atoms with Crippen molar-refractivity contribution in [2.24, 2.45) is 0 Å². The summed E-state index contributed by atoms with van der Waals surface area (Å²) < 4.78 is 15.6. The van der Waals surface area contributed by atoms with Crippen LogP contribution in [0.5, 0.6) is 11.5 Å². The second-order valence-corrected chi connectivity index (χ2v) is 5.53. The second kappa shape index (κ2) is 7.61. The molecule has 1 aromatic heterocycles. The highest BCUT2D eigenvalue weighted by Crippen LogP contribution is 2.20. The van der Waals surface area contributed by atoms with E-state index in [4.69, 9.17) is 14.0 Å². The zero-order valence-electron chi connectivity index (χ0n) is 14.1. The molecule has 0 unspecified atom stereocenters. The number of esters is 1. The Bertz CT molecular complexity index is 856. The normalized spacial score (nSPS) is 10.5. The molecule has 2 aromatic carbocycles. The molecule has 0 aliphatic carbocycles. The minimum absolute atomic E-state index is 0.165. The van der Waals surface area contributed by atoms with E-state index in [9.17, 15) is 4.79 Å². The third-order valence-corrected chi connectivity index (χ3v) is 3.58. The minimum atomic E-state index is -0.338. The Morgan fingerprint density at radius 2 is 1.92 bits per heavy atom. The van der Waals surface area contributed by atoms with Crippen molar-refractivity contribution in [2.45, 2.75) is 19.8 Å². The van der Waals surface area contributed by atoms with Gasteiger partial charge in [-0.1, -0.05) is 17.3 Å². The van der Waals surface area contributed by atoms with Crippen molar-refractivity contribution in [2.75, 3.05) is 7.11 Å². The van der Waals surface area contributed by atoms with E-state index in [0.717, 1.165) is 16.9 Å². The van der Waals surface area contributed by atoms with E-state index in [0.29, 0.717) is 23.9 Å². The van der Waals surface area contributed by atoms with Crippen LogP contribution in [0.15, 0.2) is 53.1 Å². The molecule has 0 radical (unpaired) electrons. The molecular formula is C19H18N2O4. The van der Waals surface area contributed by atoms with Crippen LogP contribution in [0.1, 0.15) is 17.9 Å². The topological polar surface area (TPSA) is 74.5 Å². The molecule has 0 saturated heterocycles. The van der Waals surface area contributed by atoms with Crippen LogP contribution in [0.25, 0.3) is 11.4 Å². The summed E-state index contributed by atoms with van der Waals surface area (Å²) in [5.41, 5.74) is 1.85. The fourth-order valence-corrected chi connectivity index (χ4v) is 2.28. The van der Waals surface area contributed by atoms with Gasteiger partial charge in [-0.25, -0.2) is 0 Å². The quantitative estimate of drug-likeness (QED) is 0.505. The Hall–Kier alpha value is -3.15. The highest BCUT2D eigenvalue weighted by Gasteiger charge is 2.12. The predicted molar refractivity (Wildman–Crippen MR) is 91.4 cm³/mol. The lowest BCUT2D eigenvalue weighted by molar-refractivity contribution is -0.134. The van der Waals surface area contributed by atoms with Crippen LogP contribution in [0.3, 0.4) is 0 Å². The summed E-state index contributed by atoms with van der Waals surface area (Å²) >= 11 is 0. The number of ether oxygens (including phenoxy) is 2. The first-order chi connectivity index (χ1) is 12.1. The Morgan fingerprint density at radius 3 is 2.64 bits per heavy atom.